The lowest BCUT2D eigenvalue weighted by molar-refractivity contribution is -0.151. The molecule has 0 aromatic heterocycles. The normalized spacial score (nSPS) is 21.8. The molecule has 3 rings (SSSR count). The molecule has 2 saturated heterocycles. The SMILES string of the molecule is Cc1cccc(NC(=O)CN2CCOC(C(=O)N3CCCCC3)C2)c1. The van der Waals surface area contributed by atoms with Crippen molar-refractivity contribution in [3.63, 3.8) is 0 Å². The van der Waals surface area contributed by atoms with Gasteiger partial charge in [0.15, 0.2) is 0 Å². The molecule has 0 aliphatic carbocycles. The average Bonchev–Trinajstić information content (AvgIpc) is 2.62. The number of piperidine rings is 1. The number of anilines is 1. The predicted molar refractivity (Wildman–Crippen MR) is 96.4 cm³/mol. The van der Waals surface area contributed by atoms with E-state index in [-0.39, 0.29) is 18.4 Å². The molecule has 0 bridgehead atoms. The van der Waals surface area contributed by atoms with Crippen molar-refractivity contribution in [2.45, 2.75) is 32.3 Å². The van der Waals surface area contributed by atoms with Crippen LogP contribution >= 0.6 is 0 Å². The Kier molecular flexibility index (Phi) is 6.04. The van der Waals surface area contributed by atoms with Gasteiger partial charge in [-0.15, -0.1) is 0 Å². The first-order valence-corrected chi connectivity index (χ1v) is 9.11. The highest BCUT2D eigenvalue weighted by atomic mass is 16.5. The second-order valence-electron chi connectivity index (χ2n) is 6.90. The van der Waals surface area contributed by atoms with E-state index in [9.17, 15) is 9.59 Å². The summed E-state index contributed by atoms with van der Waals surface area (Å²) in [6.07, 6.45) is 2.89. The maximum Gasteiger partial charge on any atom is 0.253 e. The van der Waals surface area contributed by atoms with Crippen LogP contribution in [0.2, 0.25) is 0 Å². The fourth-order valence-electron chi connectivity index (χ4n) is 3.44. The van der Waals surface area contributed by atoms with Crippen molar-refractivity contribution >= 4 is 17.5 Å². The first kappa shape index (κ1) is 17.9. The summed E-state index contributed by atoms with van der Waals surface area (Å²) in [5, 5.41) is 2.92. The van der Waals surface area contributed by atoms with Crippen molar-refractivity contribution in [3.8, 4) is 0 Å². The lowest BCUT2D eigenvalue weighted by atomic mass is 10.1. The topological polar surface area (TPSA) is 61.9 Å². The highest BCUT2D eigenvalue weighted by Gasteiger charge is 2.31. The molecule has 6 nitrogen and oxygen atoms in total. The quantitative estimate of drug-likeness (QED) is 0.901. The number of rotatable bonds is 4. The molecule has 1 atom stereocenters. The maximum atomic E-state index is 12.6. The number of nitrogens with zero attached hydrogens (tertiary/aromatic N) is 2. The maximum absolute atomic E-state index is 12.6. The first-order valence-electron chi connectivity index (χ1n) is 9.11. The minimum atomic E-state index is -0.446. The number of ether oxygens (including phenoxy) is 1. The monoisotopic (exact) mass is 345 g/mol. The number of aryl methyl sites for hydroxylation is 1. The summed E-state index contributed by atoms with van der Waals surface area (Å²) in [6, 6.07) is 7.74. The molecular weight excluding hydrogens is 318 g/mol. The van der Waals surface area contributed by atoms with Gasteiger partial charge in [-0.1, -0.05) is 12.1 Å². The number of hydrogen-bond acceptors (Lipinski definition) is 4. The summed E-state index contributed by atoms with van der Waals surface area (Å²) in [4.78, 5) is 28.8. The van der Waals surface area contributed by atoms with E-state index >= 15 is 0 Å². The van der Waals surface area contributed by atoms with Crippen LogP contribution in [0, 0.1) is 6.92 Å². The Hall–Kier alpha value is -1.92. The summed E-state index contributed by atoms with van der Waals surface area (Å²) < 4.78 is 5.67. The standard InChI is InChI=1S/C19H27N3O3/c1-15-6-5-7-16(12-15)20-18(23)14-21-10-11-25-17(13-21)19(24)22-8-3-2-4-9-22/h5-7,12,17H,2-4,8-11,13-14H2,1H3,(H,20,23). The van der Waals surface area contributed by atoms with E-state index in [0.29, 0.717) is 19.7 Å². The molecule has 25 heavy (non-hydrogen) atoms. The van der Waals surface area contributed by atoms with Gasteiger partial charge in [0.2, 0.25) is 5.91 Å². The van der Waals surface area contributed by atoms with Crippen molar-refractivity contribution in [1.29, 1.82) is 0 Å². The Balaban J connectivity index is 1.50. The number of amides is 2. The van der Waals surface area contributed by atoms with Crippen LogP contribution in [0.25, 0.3) is 0 Å². The molecule has 136 valence electrons. The smallest absolute Gasteiger partial charge is 0.253 e. The van der Waals surface area contributed by atoms with Gasteiger partial charge in [-0.05, 0) is 43.9 Å². The Morgan fingerprint density at radius 3 is 2.76 bits per heavy atom. The van der Waals surface area contributed by atoms with E-state index in [4.69, 9.17) is 4.74 Å². The minimum absolute atomic E-state index is 0.0586. The van der Waals surface area contributed by atoms with Crippen LogP contribution in [0.1, 0.15) is 24.8 Å². The molecule has 1 aromatic rings. The van der Waals surface area contributed by atoms with Gasteiger partial charge >= 0.3 is 0 Å². The van der Waals surface area contributed by atoms with E-state index in [1.807, 2.05) is 41.0 Å². The fourth-order valence-corrected chi connectivity index (χ4v) is 3.44. The Labute approximate surface area is 149 Å². The van der Waals surface area contributed by atoms with Crippen molar-refractivity contribution in [2.24, 2.45) is 0 Å². The molecule has 2 aliphatic heterocycles. The molecule has 0 spiro atoms. The first-order chi connectivity index (χ1) is 12.1. The molecule has 2 heterocycles. The second kappa shape index (κ2) is 8.45. The lowest BCUT2D eigenvalue weighted by Crippen LogP contribution is -2.53. The molecule has 1 unspecified atom stereocenters. The number of morpholine rings is 1. The summed E-state index contributed by atoms with van der Waals surface area (Å²) in [7, 11) is 0. The number of likely N-dealkylation sites (tertiary alicyclic amines) is 1. The van der Waals surface area contributed by atoms with E-state index in [2.05, 4.69) is 5.32 Å². The van der Waals surface area contributed by atoms with Crippen molar-refractivity contribution in [3.05, 3.63) is 29.8 Å². The van der Waals surface area contributed by atoms with Crippen LogP contribution in [0.3, 0.4) is 0 Å². The molecule has 0 radical (unpaired) electrons. The van der Waals surface area contributed by atoms with Crippen LogP contribution < -0.4 is 5.32 Å². The van der Waals surface area contributed by atoms with Crippen molar-refractivity contribution in [1.82, 2.24) is 9.80 Å². The summed E-state index contributed by atoms with van der Waals surface area (Å²) in [5.41, 5.74) is 1.91. The number of carbonyl (C=O) groups excluding carboxylic acids is 2. The van der Waals surface area contributed by atoms with Crippen LogP contribution in [0.15, 0.2) is 24.3 Å². The van der Waals surface area contributed by atoms with Crippen LogP contribution in [-0.2, 0) is 14.3 Å². The number of benzene rings is 1. The lowest BCUT2D eigenvalue weighted by Gasteiger charge is -2.35. The average molecular weight is 345 g/mol. The predicted octanol–water partition coefficient (Wildman–Crippen LogP) is 1.65. The number of hydrogen-bond donors (Lipinski definition) is 1. The molecular formula is C19H27N3O3. The van der Waals surface area contributed by atoms with E-state index < -0.39 is 6.10 Å². The second-order valence-corrected chi connectivity index (χ2v) is 6.90. The van der Waals surface area contributed by atoms with Crippen molar-refractivity contribution in [2.75, 3.05) is 44.6 Å². The van der Waals surface area contributed by atoms with E-state index in [1.165, 1.54) is 6.42 Å². The van der Waals surface area contributed by atoms with Gasteiger partial charge in [0.1, 0.15) is 6.10 Å². The molecule has 2 amide bonds. The Morgan fingerprint density at radius 1 is 1.20 bits per heavy atom. The van der Waals surface area contributed by atoms with Gasteiger partial charge in [-0.2, -0.15) is 0 Å². The molecule has 0 saturated carbocycles. The van der Waals surface area contributed by atoms with Gasteiger partial charge < -0.3 is 15.0 Å². The summed E-state index contributed by atoms with van der Waals surface area (Å²) >= 11 is 0. The number of carbonyl (C=O) groups is 2. The Bertz CT molecular complexity index is 614. The fraction of sp³-hybridized carbons (Fsp3) is 0.579. The summed E-state index contributed by atoms with van der Waals surface area (Å²) in [6.45, 7) is 5.57. The van der Waals surface area contributed by atoms with E-state index in [1.54, 1.807) is 0 Å². The third kappa shape index (κ3) is 5.03. The van der Waals surface area contributed by atoms with E-state index in [0.717, 1.165) is 37.2 Å². The van der Waals surface area contributed by atoms with Gasteiger partial charge in [0, 0.05) is 31.9 Å². The van der Waals surface area contributed by atoms with Crippen molar-refractivity contribution < 1.29 is 14.3 Å². The van der Waals surface area contributed by atoms with Crippen LogP contribution in [0.4, 0.5) is 5.69 Å². The zero-order chi connectivity index (χ0) is 17.6. The zero-order valence-corrected chi connectivity index (χ0v) is 14.9. The van der Waals surface area contributed by atoms with Crippen LogP contribution in [-0.4, -0.2) is 67.0 Å². The highest BCUT2D eigenvalue weighted by molar-refractivity contribution is 5.92. The molecule has 1 aromatic carbocycles. The van der Waals surface area contributed by atoms with Gasteiger partial charge in [0.25, 0.3) is 5.91 Å². The number of nitrogens with one attached hydrogen (secondary N) is 1. The third-order valence-corrected chi connectivity index (χ3v) is 4.76. The molecule has 2 aliphatic rings. The van der Waals surface area contributed by atoms with Gasteiger partial charge in [0.05, 0.1) is 13.2 Å². The molecule has 2 fully saturated rings. The molecule has 6 heteroatoms. The van der Waals surface area contributed by atoms with Gasteiger partial charge in [-0.3, -0.25) is 14.5 Å². The minimum Gasteiger partial charge on any atom is -0.366 e. The van der Waals surface area contributed by atoms with Crippen LogP contribution in [0.5, 0.6) is 0 Å². The largest absolute Gasteiger partial charge is 0.366 e. The third-order valence-electron chi connectivity index (χ3n) is 4.76. The highest BCUT2D eigenvalue weighted by Crippen LogP contribution is 2.14. The van der Waals surface area contributed by atoms with Gasteiger partial charge in [-0.25, -0.2) is 0 Å². The zero-order valence-electron chi connectivity index (χ0n) is 14.9. The summed E-state index contributed by atoms with van der Waals surface area (Å²) in [5.74, 6) is 0.0140. The Morgan fingerprint density at radius 2 is 2.00 bits per heavy atom. The molecule has 1 N–H and O–H groups in total.